The van der Waals surface area contributed by atoms with Crippen LogP contribution in [0.15, 0.2) is 18.2 Å². The minimum atomic E-state index is -0.379. The fraction of sp³-hybridized carbons (Fsp3) is 0.600. The van der Waals surface area contributed by atoms with Gasteiger partial charge in [0.15, 0.2) is 6.29 Å². The Hall–Kier alpha value is -1.33. The highest BCUT2D eigenvalue weighted by atomic mass is 19.1. The zero-order valence-electron chi connectivity index (χ0n) is 13.1. The van der Waals surface area contributed by atoms with Crippen molar-refractivity contribution < 1.29 is 13.9 Å². The van der Waals surface area contributed by atoms with E-state index in [1.165, 1.54) is 6.07 Å². The van der Waals surface area contributed by atoms with Gasteiger partial charge in [0.05, 0.1) is 11.7 Å². The maximum Gasteiger partial charge on any atom is 0.176 e. The van der Waals surface area contributed by atoms with Gasteiger partial charge in [0.25, 0.3) is 0 Å². The van der Waals surface area contributed by atoms with E-state index >= 15 is 0 Å². The van der Waals surface area contributed by atoms with Crippen LogP contribution >= 0.6 is 0 Å². The van der Waals surface area contributed by atoms with Gasteiger partial charge in [-0.05, 0) is 39.0 Å². The third kappa shape index (κ3) is 4.08. The fourth-order valence-electron chi connectivity index (χ4n) is 2.00. The Morgan fingerprint density at radius 3 is 2.20 bits per heavy atom. The van der Waals surface area contributed by atoms with Crippen LogP contribution in [0.25, 0.3) is 0 Å². The number of ether oxygens (including phenoxy) is 2. The Morgan fingerprint density at radius 2 is 1.75 bits per heavy atom. The predicted octanol–water partition coefficient (Wildman–Crippen LogP) is 3.09. The molecule has 0 spiro atoms. The van der Waals surface area contributed by atoms with Crippen LogP contribution in [0, 0.1) is 5.82 Å². The van der Waals surface area contributed by atoms with Gasteiger partial charge in [-0.1, -0.05) is 0 Å². The van der Waals surface area contributed by atoms with E-state index in [9.17, 15) is 4.39 Å². The summed E-state index contributed by atoms with van der Waals surface area (Å²) in [6.45, 7) is 5.97. The summed E-state index contributed by atoms with van der Waals surface area (Å²) in [5, 5.41) is 3.17. The first-order chi connectivity index (χ1) is 9.40. The SMILES string of the molecule is COC(OC)C(C)Nc1ccc(N(C)C(C)C)c(F)c1. The second-order valence-electron chi connectivity index (χ2n) is 5.14. The van der Waals surface area contributed by atoms with Crippen molar-refractivity contribution in [3.05, 3.63) is 24.0 Å². The van der Waals surface area contributed by atoms with Gasteiger partial charge in [-0.2, -0.15) is 0 Å². The summed E-state index contributed by atoms with van der Waals surface area (Å²) in [4.78, 5) is 1.90. The second-order valence-corrected chi connectivity index (χ2v) is 5.14. The molecule has 1 aromatic rings. The molecule has 20 heavy (non-hydrogen) atoms. The lowest BCUT2D eigenvalue weighted by Gasteiger charge is -2.26. The Morgan fingerprint density at radius 1 is 1.15 bits per heavy atom. The van der Waals surface area contributed by atoms with Gasteiger partial charge in [-0.15, -0.1) is 0 Å². The maximum atomic E-state index is 14.1. The van der Waals surface area contributed by atoms with Gasteiger partial charge in [-0.3, -0.25) is 0 Å². The summed E-state index contributed by atoms with van der Waals surface area (Å²) in [7, 11) is 5.03. The molecule has 1 atom stereocenters. The Bertz CT molecular complexity index is 422. The van der Waals surface area contributed by atoms with Crippen LogP contribution < -0.4 is 10.2 Å². The number of hydrogen-bond acceptors (Lipinski definition) is 4. The van der Waals surface area contributed by atoms with Crippen LogP contribution in [0.3, 0.4) is 0 Å². The topological polar surface area (TPSA) is 33.7 Å². The monoisotopic (exact) mass is 284 g/mol. The number of methoxy groups -OCH3 is 2. The molecule has 0 radical (unpaired) electrons. The number of anilines is 2. The minimum absolute atomic E-state index is 0.0851. The highest BCUT2D eigenvalue weighted by molar-refractivity contribution is 5.56. The Balaban J connectivity index is 2.82. The third-order valence-corrected chi connectivity index (χ3v) is 3.37. The fourth-order valence-corrected chi connectivity index (χ4v) is 2.00. The molecule has 4 nitrogen and oxygen atoms in total. The van der Waals surface area contributed by atoms with Gasteiger partial charge in [-0.25, -0.2) is 4.39 Å². The molecular weight excluding hydrogens is 259 g/mol. The van der Waals surface area contributed by atoms with Gasteiger partial charge < -0.3 is 19.7 Å². The first-order valence-electron chi connectivity index (χ1n) is 6.75. The molecule has 0 aliphatic rings. The molecule has 0 bridgehead atoms. The number of halogens is 1. The van der Waals surface area contributed by atoms with Crippen LogP contribution in [0.4, 0.5) is 15.8 Å². The average Bonchev–Trinajstić information content (AvgIpc) is 2.39. The summed E-state index contributed by atoms with van der Waals surface area (Å²) >= 11 is 0. The number of hydrogen-bond donors (Lipinski definition) is 1. The van der Waals surface area contributed by atoms with Gasteiger partial charge in [0, 0.05) is 33.0 Å². The Labute approximate surface area is 120 Å². The molecule has 1 aromatic carbocycles. The summed E-state index contributed by atoms with van der Waals surface area (Å²) in [5.41, 5.74) is 1.29. The number of nitrogens with one attached hydrogen (secondary N) is 1. The average molecular weight is 284 g/mol. The molecule has 0 saturated heterocycles. The van der Waals surface area contributed by atoms with Crippen molar-refractivity contribution >= 4 is 11.4 Å². The molecule has 5 heteroatoms. The molecule has 0 aliphatic carbocycles. The van der Waals surface area contributed by atoms with Crippen molar-refractivity contribution in [1.29, 1.82) is 0 Å². The zero-order chi connectivity index (χ0) is 15.3. The normalized spacial score (nSPS) is 12.8. The minimum Gasteiger partial charge on any atom is -0.377 e. The number of rotatable bonds is 7. The van der Waals surface area contributed by atoms with Crippen molar-refractivity contribution in [2.45, 2.75) is 39.1 Å². The molecule has 0 saturated carbocycles. The van der Waals surface area contributed by atoms with Gasteiger partial charge in [0.1, 0.15) is 5.82 Å². The van der Waals surface area contributed by atoms with Crippen LogP contribution in [0.2, 0.25) is 0 Å². The quantitative estimate of drug-likeness (QED) is 0.780. The van der Waals surface area contributed by atoms with E-state index in [0.29, 0.717) is 11.4 Å². The smallest absolute Gasteiger partial charge is 0.176 e. The van der Waals surface area contributed by atoms with Gasteiger partial charge >= 0.3 is 0 Å². The molecule has 1 N–H and O–H groups in total. The largest absolute Gasteiger partial charge is 0.377 e. The van der Waals surface area contributed by atoms with E-state index in [2.05, 4.69) is 5.32 Å². The molecule has 114 valence electrons. The van der Waals surface area contributed by atoms with Crippen LogP contribution in [-0.4, -0.2) is 39.6 Å². The van der Waals surface area contributed by atoms with Crippen molar-refractivity contribution in [3.63, 3.8) is 0 Å². The molecular formula is C15H25FN2O2. The predicted molar refractivity (Wildman–Crippen MR) is 80.8 cm³/mol. The van der Waals surface area contributed by atoms with E-state index < -0.39 is 0 Å². The van der Waals surface area contributed by atoms with E-state index in [4.69, 9.17) is 9.47 Å². The molecule has 1 unspecified atom stereocenters. The summed E-state index contributed by atoms with van der Waals surface area (Å²) in [5.74, 6) is -0.246. The maximum absolute atomic E-state index is 14.1. The highest BCUT2D eigenvalue weighted by Crippen LogP contribution is 2.24. The first-order valence-corrected chi connectivity index (χ1v) is 6.75. The standard InChI is InChI=1S/C15H25FN2O2/c1-10(2)18(4)14-8-7-12(9-13(14)16)17-11(3)15(19-5)20-6/h7-11,15,17H,1-6H3. The van der Waals surface area contributed by atoms with Crippen molar-refractivity contribution in [3.8, 4) is 0 Å². The number of nitrogens with zero attached hydrogens (tertiary/aromatic N) is 1. The van der Waals surface area contributed by atoms with E-state index in [1.54, 1.807) is 20.3 Å². The Kier molecular flexibility index (Phi) is 6.23. The summed E-state index contributed by atoms with van der Waals surface area (Å²) in [6, 6.07) is 5.29. The molecule has 0 heterocycles. The van der Waals surface area contributed by atoms with Crippen molar-refractivity contribution in [1.82, 2.24) is 0 Å². The van der Waals surface area contributed by atoms with E-state index in [1.807, 2.05) is 38.8 Å². The van der Waals surface area contributed by atoms with E-state index in [-0.39, 0.29) is 24.2 Å². The van der Waals surface area contributed by atoms with Crippen molar-refractivity contribution in [2.24, 2.45) is 0 Å². The second kappa shape index (κ2) is 7.45. The van der Waals surface area contributed by atoms with Gasteiger partial charge in [0.2, 0.25) is 0 Å². The molecule has 0 aromatic heterocycles. The zero-order valence-corrected chi connectivity index (χ0v) is 13.1. The lowest BCUT2D eigenvalue weighted by atomic mass is 10.2. The van der Waals surface area contributed by atoms with Crippen LogP contribution in [0.1, 0.15) is 20.8 Å². The third-order valence-electron chi connectivity index (χ3n) is 3.37. The van der Waals surface area contributed by atoms with E-state index in [0.717, 1.165) is 0 Å². The lowest BCUT2D eigenvalue weighted by Crippen LogP contribution is -2.33. The lowest BCUT2D eigenvalue weighted by molar-refractivity contribution is -0.109. The highest BCUT2D eigenvalue weighted by Gasteiger charge is 2.17. The summed E-state index contributed by atoms with van der Waals surface area (Å²) in [6.07, 6.45) is -0.379. The number of benzene rings is 1. The molecule has 0 amide bonds. The molecule has 0 aliphatic heterocycles. The van der Waals surface area contributed by atoms with Crippen LogP contribution in [-0.2, 0) is 9.47 Å². The van der Waals surface area contributed by atoms with Crippen molar-refractivity contribution in [2.75, 3.05) is 31.5 Å². The molecule has 0 fully saturated rings. The van der Waals surface area contributed by atoms with Crippen LogP contribution in [0.5, 0.6) is 0 Å². The molecule has 1 rings (SSSR count). The summed E-state index contributed by atoms with van der Waals surface area (Å²) < 4.78 is 24.5. The first kappa shape index (κ1) is 16.7.